The van der Waals surface area contributed by atoms with E-state index < -0.39 is 6.04 Å². The Balaban J connectivity index is 2.77. The summed E-state index contributed by atoms with van der Waals surface area (Å²) in [6.45, 7) is 6.14. The Morgan fingerprint density at radius 1 is 1.33 bits per heavy atom. The Kier molecular flexibility index (Phi) is 6.61. The molecule has 1 aromatic heterocycles. The Morgan fingerprint density at radius 2 is 2.05 bits per heavy atom. The van der Waals surface area contributed by atoms with Crippen LogP contribution in [0.1, 0.15) is 43.2 Å². The molecule has 0 aliphatic carbocycles. The first-order chi connectivity index (χ1) is 10.0. The second-order valence-corrected chi connectivity index (χ2v) is 4.72. The van der Waals surface area contributed by atoms with E-state index in [9.17, 15) is 9.59 Å². The number of hydrazine groups is 1. The van der Waals surface area contributed by atoms with Gasteiger partial charge in [0.2, 0.25) is 5.91 Å². The molecule has 0 aliphatic heterocycles. The molecular formula is C14H23N5O2. The van der Waals surface area contributed by atoms with Crippen molar-refractivity contribution in [2.45, 2.75) is 39.7 Å². The first-order valence-corrected chi connectivity index (χ1v) is 7.07. The minimum Gasteiger partial charge on any atom is -0.354 e. The average Bonchev–Trinajstić information content (AvgIpc) is 2.51. The van der Waals surface area contributed by atoms with Gasteiger partial charge in [0.1, 0.15) is 11.9 Å². The van der Waals surface area contributed by atoms with Crippen molar-refractivity contribution >= 4 is 17.6 Å². The van der Waals surface area contributed by atoms with Crippen molar-refractivity contribution in [3.8, 4) is 0 Å². The van der Waals surface area contributed by atoms with E-state index in [4.69, 9.17) is 5.84 Å². The number of carbonyl (C=O) groups is 2. The molecule has 1 heterocycles. The third-order valence-electron chi connectivity index (χ3n) is 2.94. The fourth-order valence-electron chi connectivity index (χ4n) is 1.72. The van der Waals surface area contributed by atoms with Crippen molar-refractivity contribution < 1.29 is 9.59 Å². The molecule has 2 amide bonds. The zero-order chi connectivity index (χ0) is 15.8. The minimum atomic E-state index is -0.600. The number of nitrogens with two attached hydrogens (primary N) is 1. The molecule has 1 rings (SSSR count). The lowest BCUT2D eigenvalue weighted by molar-refractivity contribution is -0.122. The largest absolute Gasteiger partial charge is 0.354 e. The van der Waals surface area contributed by atoms with E-state index in [1.54, 1.807) is 19.1 Å². The molecule has 7 nitrogen and oxygen atoms in total. The summed E-state index contributed by atoms with van der Waals surface area (Å²) < 4.78 is 0. The number of nitrogen functional groups attached to an aromatic ring is 1. The number of pyridine rings is 1. The highest BCUT2D eigenvalue weighted by molar-refractivity contribution is 5.98. The Bertz CT molecular complexity index is 482. The summed E-state index contributed by atoms with van der Waals surface area (Å²) in [5, 5.41) is 5.40. The molecule has 1 aromatic rings. The Labute approximate surface area is 124 Å². The zero-order valence-electron chi connectivity index (χ0n) is 12.7. The van der Waals surface area contributed by atoms with E-state index in [-0.39, 0.29) is 11.8 Å². The van der Waals surface area contributed by atoms with Gasteiger partial charge in [-0.05, 0) is 31.9 Å². The summed E-state index contributed by atoms with van der Waals surface area (Å²) in [6, 6.07) is 2.63. The lowest BCUT2D eigenvalue weighted by atomic mass is 10.1. The highest BCUT2D eigenvalue weighted by Crippen LogP contribution is 2.10. The van der Waals surface area contributed by atoms with Gasteiger partial charge >= 0.3 is 0 Å². The van der Waals surface area contributed by atoms with Gasteiger partial charge in [0.25, 0.3) is 5.91 Å². The van der Waals surface area contributed by atoms with Gasteiger partial charge in [-0.1, -0.05) is 13.8 Å². The number of aryl methyl sites for hydroxylation is 1. The maximum atomic E-state index is 12.2. The number of anilines is 1. The maximum Gasteiger partial charge on any atom is 0.252 e. The first kappa shape index (κ1) is 16.9. The Hall–Kier alpha value is -2.15. The van der Waals surface area contributed by atoms with Crippen LogP contribution in [-0.4, -0.2) is 29.4 Å². The molecule has 0 saturated heterocycles. The Morgan fingerprint density at radius 3 is 2.62 bits per heavy atom. The SMILES string of the molecule is CCCNC(=O)C(C)NC(=O)c1cc(CC)nc(NN)c1. The van der Waals surface area contributed by atoms with Crippen LogP contribution in [0.5, 0.6) is 0 Å². The average molecular weight is 293 g/mol. The van der Waals surface area contributed by atoms with E-state index >= 15 is 0 Å². The predicted molar refractivity (Wildman–Crippen MR) is 81.7 cm³/mol. The molecule has 0 bridgehead atoms. The quantitative estimate of drug-likeness (QED) is 0.434. The first-order valence-electron chi connectivity index (χ1n) is 7.07. The van der Waals surface area contributed by atoms with E-state index in [2.05, 4.69) is 21.0 Å². The number of nitrogens with one attached hydrogen (secondary N) is 3. The lowest BCUT2D eigenvalue weighted by Gasteiger charge is -2.14. The van der Waals surface area contributed by atoms with Crippen molar-refractivity contribution in [1.82, 2.24) is 15.6 Å². The minimum absolute atomic E-state index is 0.202. The van der Waals surface area contributed by atoms with Gasteiger partial charge < -0.3 is 16.1 Å². The number of hydrogen-bond acceptors (Lipinski definition) is 5. The molecule has 0 radical (unpaired) electrons. The summed E-state index contributed by atoms with van der Waals surface area (Å²) in [5.41, 5.74) is 3.60. The summed E-state index contributed by atoms with van der Waals surface area (Å²) in [5.74, 6) is 5.23. The van der Waals surface area contributed by atoms with Crippen molar-refractivity contribution in [3.63, 3.8) is 0 Å². The molecular weight excluding hydrogens is 270 g/mol. The number of hydrogen-bond donors (Lipinski definition) is 4. The molecule has 7 heteroatoms. The van der Waals surface area contributed by atoms with E-state index in [1.165, 1.54) is 0 Å². The smallest absolute Gasteiger partial charge is 0.252 e. The summed E-state index contributed by atoms with van der Waals surface area (Å²) in [6.07, 6.45) is 1.53. The number of amides is 2. The van der Waals surface area contributed by atoms with Crippen LogP contribution in [0.2, 0.25) is 0 Å². The molecule has 1 unspecified atom stereocenters. The van der Waals surface area contributed by atoms with Crippen LogP contribution in [-0.2, 0) is 11.2 Å². The normalized spacial score (nSPS) is 11.6. The molecule has 0 saturated carbocycles. The monoisotopic (exact) mass is 293 g/mol. The van der Waals surface area contributed by atoms with Gasteiger partial charge in [0.05, 0.1) is 0 Å². The third kappa shape index (κ3) is 5.03. The van der Waals surface area contributed by atoms with Gasteiger partial charge in [0, 0.05) is 17.8 Å². The lowest BCUT2D eigenvalue weighted by Crippen LogP contribution is -2.45. The fraction of sp³-hybridized carbons (Fsp3) is 0.500. The maximum absolute atomic E-state index is 12.2. The van der Waals surface area contributed by atoms with Crippen LogP contribution >= 0.6 is 0 Å². The molecule has 116 valence electrons. The van der Waals surface area contributed by atoms with Crippen molar-refractivity contribution in [3.05, 3.63) is 23.4 Å². The van der Waals surface area contributed by atoms with Crippen LogP contribution in [0.4, 0.5) is 5.82 Å². The van der Waals surface area contributed by atoms with Gasteiger partial charge in [0.15, 0.2) is 0 Å². The topological polar surface area (TPSA) is 109 Å². The predicted octanol–water partition coefficient (Wildman–Crippen LogP) is 0.574. The molecule has 1 atom stereocenters. The van der Waals surface area contributed by atoms with Crippen LogP contribution in [0.15, 0.2) is 12.1 Å². The van der Waals surface area contributed by atoms with E-state index in [0.29, 0.717) is 24.3 Å². The highest BCUT2D eigenvalue weighted by atomic mass is 16.2. The molecule has 0 aliphatic rings. The van der Waals surface area contributed by atoms with Crippen LogP contribution in [0.3, 0.4) is 0 Å². The second-order valence-electron chi connectivity index (χ2n) is 4.72. The fourth-order valence-corrected chi connectivity index (χ4v) is 1.72. The van der Waals surface area contributed by atoms with Crippen LogP contribution < -0.4 is 21.9 Å². The van der Waals surface area contributed by atoms with Gasteiger partial charge in [-0.3, -0.25) is 9.59 Å². The van der Waals surface area contributed by atoms with Crippen LogP contribution in [0, 0.1) is 0 Å². The van der Waals surface area contributed by atoms with E-state index in [1.807, 2.05) is 13.8 Å². The second kappa shape index (κ2) is 8.21. The van der Waals surface area contributed by atoms with Gasteiger partial charge in [-0.25, -0.2) is 10.8 Å². The van der Waals surface area contributed by atoms with Crippen molar-refractivity contribution in [1.29, 1.82) is 0 Å². The zero-order valence-corrected chi connectivity index (χ0v) is 12.7. The number of carbonyl (C=O) groups excluding carboxylic acids is 2. The van der Waals surface area contributed by atoms with Gasteiger partial charge in [-0.2, -0.15) is 0 Å². The summed E-state index contributed by atoms with van der Waals surface area (Å²) in [7, 11) is 0. The van der Waals surface area contributed by atoms with Crippen molar-refractivity contribution in [2.24, 2.45) is 5.84 Å². The molecule has 5 N–H and O–H groups in total. The molecule has 0 spiro atoms. The number of rotatable bonds is 7. The van der Waals surface area contributed by atoms with Gasteiger partial charge in [-0.15, -0.1) is 0 Å². The standard InChI is InChI=1S/C14H23N5O2/c1-4-6-16-13(20)9(3)17-14(21)10-7-11(5-2)18-12(8-10)19-15/h7-9H,4-6,15H2,1-3H3,(H,16,20)(H,17,21)(H,18,19). The van der Waals surface area contributed by atoms with Crippen molar-refractivity contribution in [2.75, 3.05) is 12.0 Å². The number of aromatic nitrogens is 1. The molecule has 0 aromatic carbocycles. The third-order valence-corrected chi connectivity index (χ3v) is 2.94. The summed E-state index contributed by atoms with van der Waals surface area (Å²) >= 11 is 0. The number of nitrogens with zero attached hydrogens (tertiary/aromatic N) is 1. The van der Waals surface area contributed by atoms with Crippen LogP contribution in [0.25, 0.3) is 0 Å². The molecule has 0 fully saturated rings. The highest BCUT2D eigenvalue weighted by Gasteiger charge is 2.17. The van der Waals surface area contributed by atoms with E-state index in [0.717, 1.165) is 12.1 Å². The molecule has 21 heavy (non-hydrogen) atoms. The summed E-state index contributed by atoms with van der Waals surface area (Å²) in [4.78, 5) is 28.1.